The van der Waals surface area contributed by atoms with Crippen LogP contribution in [0.25, 0.3) is 0 Å². The Morgan fingerprint density at radius 1 is 1.56 bits per heavy atom. The molecule has 1 unspecified atom stereocenters. The summed E-state index contributed by atoms with van der Waals surface area (Å²) in [6, 6.07) is 1.72. The summed E-state index contributed by atoms with van der Waals surface area (Å²) in [4.78, 5) is 14.5. The van der Waals surface area contributed by atoms with Gasteiger partial charge in [0.1, 0.15) is 5.76 Å². The summed E-state index contributed by atoms with van der Waals surface area (Å²) < 4.78 is 5.28. The van der Waals surface area contributed by atoms with E-state index < -0.39 is 0 Å². The molecular weight excluding hydrogens is 248 g/mol. The molecule has 0 saturated carbocycles. The molecule has 18 heavy (non-hydrogen) atoms. The lowest BCUT2D eigenvalue weighted by molar-refractivity contribution is 0.0752. The third-order valence-corrected chi connectivity index (χ3v) is 3.35. The highest BCUT2D eigenvalue weighted by Crippen LogP contribution is 2.15. The highest BCUT2D eigenvalue weighted by atomic mass is 32.1. The van der Waals surface area contributed by atoms with Gasteiger partial charge in [0, 0.05) is 25.4 Å². The van der Waals surface area contributed by atoms with Gasteiger partial charge in [-0.3, -0.25) is 4.79 Å². The van der Waals surface area contributed by atoms with Crippen molar-refractivity contribution in [2.75, 3.05) is 13.1 Å². The van der Waals surface area contributed by atoms with Crippen molar-refractivity contribution in [3.8, 4) is 0 Å². The van der Waals surface area contributed by atoms with Crippen LogP contribution in [0.5, 0.6) is 0 Å². The molecule has 0 radical (unpaired) electrons. The van der Waals surface area contributed by atoms with E-state index in [-0.39, 0.29) is 11.8 Å². The molecule has 100 valence electrons. The molecule has 2 N–H and O–H groups in total. The van der Waals surface area contributed by atoms with Crippen molar-refractivity contribution in [2.24, 2.45) is 11.7 Å². The van der Waals surface area contributed by atoms with E-state index in [1.165, 1.54) is 0 Å². The van der Waals surface area contributed by atoms with Crippen LogP contribution in [-0.4, -0.2) is 28.9 Å². The van der Waals surface area contributed by atoms with Crippen LogP contribution in [0, 0.1) is 5.92 Å². The Balaban J connectivity index is 2.83. The van der Waals surface area contributed by atoms with E-state index in [0.717, 1.165) is 5.76 Å². The molecule has 0 aliphatic carbocycles. The van der Waals surface area contributed by atoms with Gasteiger partial charge in [-0.05, 0) is 13.0 Å². The SMILES string of the molecule is CCc1occc1C(=O)N(CC)CC(C)C(N)=S. The van der Waals surface area contributed by atoms with Crippen LogP contribution in [0.1, 0.15) is 36.9 Å². The van der Waals surface area contributed by atoms with E-state index in [9.17, 15) is 4.79 Å². The first kappa shape index (κ1) is 14.7. The Morgan fingerprint density at radius 3 is 2.72 bits per heavy atom. The summed E-state index contributed by atoms with van der Waals surface area (Å²) in [6.07, 6.45) is 2.26. The summed E-state index contributed by atoms with van der Waals surface area (Å²) in [6.45, 7) is 6.99. The van der Waals surface area contributed by atoms with Crippen molar-refractivity contribution in [1.29, 1.82) is 0 Å². The van der Waals surface area contributed by atoms with Crippen LogP contribution in [0.2, 0.25) is 0 Å². The second-order valence-electron chi connectivity index (χ2n) is 4.26. The molecule has 0 aliphatic heterocycles. The highest BCUT2D eigenvalue weighted by molar-refractivity contribution is 7.80. The predicted molar refractivity (Wildman–Crippen MR) is 75.6 cm³/mol. The predicted octanol–water partition coefficient (Wildman–Crippen LogP) is 2.23. The Kier molecular flexibility index (Phi) is 5.34. The lowest BCUT2D eigenvalue weighted by Gasteiger charge is -2.24. The van der Waals surface area contributed by atoms with Crippen molar-refractivity contribution in [2.45, 2.75) is 27.2 Å². The number of hydrogen-bond acceptors (Lipinski definition) is 3. The van der Waals surface area contributed by atoms with Crippen molar-refractivity contribution in [1.82, 2.24) is 4.90 Å². The maximum atomic E-state index is 12.4. The number of furan rings is 1. The molecule has 1 rings (SSSR count). The Labute approximate surface area is 113 Å². The number of amides is 1. The number of aryl methyl sites for hydroxylation is 1. The number of carbonyl (C=O) groups is 1. The quantitative estimate of drug-likeness (QED) is 0.804. The second kappa shape index (κ2) is 6.54. The number of carbonyl (C=O) groups excluding carboxylic acids is 1. The average molecular weight is 268 g/mol. The van der Waals surface area contributed by atoms with Gasteiger partial charge in [-0.2, -0.15) is 0 Å². The van der Waals surface area contributed by atoms with Gasteiger partial charge in [0.05, 0.1) is 16.8 Å². The largest absolute Gasteiger partial charge is 0.469 e. The van der Waals surface area contributed by atoms with Gasteiger partial charge in [0.2, 0.25) is 0 Å². The molecule has 0 bridgehead atoms. The first-order valence-corrected chi connectivity index (χ1v) is 6.57. The summed E-state index contributed by atoms with van der Waals surface area (Å²) in [7, 11) is 0. The molecule has 1 amide bonds. The molecule has 0 fully saturated rings. The van der Waals surface area contributed by atoms with Crippen LogP contribution in [0.15, 0.2) is 16.7 Å². The number of nitrogens with two attached hydrogens (primary N) is 1. The fraction of sp³-hybridized carbons (Fsp3) is 0.538. The standard InChI is InChI=1S/C13H20N2O2S/c1-4-11-10(6-7-17-11)13(16)15(5-2)8-9(3)12(14)18/h6-7,9H,4-5,8H2,1-3H3,(H2,14,18). The van der Waals surface area contributed by atoms with Crippen molar-refractivity contribution in [3.63, 3.8) is 0 Å². The van der Waals surface area contributed by atoms with Gasteiger partial charge in [-0.15, -0.1) is 0 Å². The van der Waals surface area contributed by atoms with E-state index >= 15 is 0 Å². The van der Waals surface area contributed by atoms with Gasteiger partial charge >= 0.3 is 0 Å². The minimum atomic E-state index is -0.0220. The van der Waals surface area contributed by atoms with Crippen LogP contribution in [-0.2, 0) is 6.42 Å². The van der Waals surface area contributed by atoms with E-state index in [2.05, 4.69) is 0 Å². The molecule has 0 spiro atoms. The van der Waals surface area contributed by atoms with Crippen LogP contribution in [0.4, 0.5) is 0 Å². The second-order valence-corrected chi connectivity index (χ2v) is 4.73. The zero-order valence-corrected chi connectivity index (χ0v) is 11.9. The summed E-state index contributed by atoms with van der Waals surface area (Å²) in [5.41, 5.74) is 6.22. The molecule has 0 aliphatic rings. The topological polar surface area (TPSA) is 59.5 Å². The molecule has 1 atom stereocenters. The fourth-order valence-corrected chi connectivity index (χ4v) is 1.83. The summed E-state index contributed by atoms with van der Waals surface area (Å²) in [5, 5.41) is 0. The zero-order valence-electron chi connectivity index (χ0n) is 11.1. The molecule has 0 aromatic carbocycles. The first-order valence-electron chi connectivity index (χ1n) is 6.16. The van der Waals surface area contributed by atoms with Crippen molar-refractivity contribution in [3.05, 3.63) is 23.7 Å². The van der Waals surface area contributed by atoms with Crippen LogP contribution in [0.3, 0.4) is 0 Å². The summed E-state index contributed by atoms with van der Waals surface area (Å²) in [5.74, 6) is 0.716. The lowest BCUT2D eigenvalue weighted by atomic mass is 10.1. The molecule has 0 saturated heterocycles. The van der Waals surface area contributed by atoms with E-state index in [1.54, 1.807) is 17.2 Å². The van der Waals surface area contributed by atoms with E-state index in [4.69, 9.17) is 22.4 Å². The number of thiocarbonyl (C=S) groups is 1. The Hall–Kier alpha value is -1.36. The van der Waals surface area contributed by atoms with Gasteiger partial charge < -0.3 is 15.1 Å². The third kappa shape index (κ3) is 3.32. The van der Waals surface area contributed by atoms with Gasteiger partial charge in [-0.1, -0.05) is 26.1 Å². The molecule has 1 aromatic rings. The molecule has 4 nitrogen and oxygen atoms in total. The number of nitrogens with zero attached hydrogens (tertiary/aromatic N) is 1. The van der Waals surface area contributed by atoms with E-state index in [0.29, 0.717) is 30.1 Å². The molecule has 5 heteroatoms. The normalized spacial score (nSPS) is 12.2. The number of rotatable bonds is 6. The van der Waals surface area contributed by atoms with Crippen molar-refractivity contribution < 1.29 is 9.21 Å². The lowest BCUT2D eigenvalue weighted by Crippen LogP contribution is -2.38. The smallest absolute Gasteiger partial charge is 0.257 e. The first-order chi connectivity index (χ1) is 8.51. The average Bonchev–Trinajstić information content (AvgIpc) is 2.82. The molecule has 1 heterocycles. The monoisotopic (exact) mass is 268 g/mol. The van der Waals surface area contributed by atoms with Crippen molar-refractivity contribution >= 4 is 23.1 Å². The van der Waals surface area contributed by atoms with Gasteiger partial charge in [0.25, 0.3) is 5.91 Å². The maximum Gasteiger partial charge on any atom is 0.257 e. The Morgan fingerprint density at radius 2 is 2.22 bits per heavy atom. The molecule has 1 aromatic heterocycles. The minimum absolute atomic E-state index is 0.0147. The molecular formula is C13H20N2O2S. The highest BCUT2D eigenvalue weighted by Gasteiger charge is 2.21. The number of hydrogen-bond donors (Lipinski definition) is 1. The maximum absolute atomic E-state index is 12.4. The zero-order chi connectivity index (χ0) is 13.7. The van der Waals surface area contributed by atoms with Gasteiger partial charge in [-0.25, -0.2) is 0 Å². The van der Waals surface area contributed by atoms with Crippen LogP contribution >= 0.6 is 12.2 Å². The fourth-order valence-electron chi connectivity index (χ4n) is 1.75. The third-order valence-electron chi connectivity index (χ3n) is 2.95. The minimum Gasteiger partial charge on any atom is -0.469 e. The Bertz CT molecular complexity index is 428. The van der Waals surface area contributed by atoms with Crippen LogP contribution < -0.4 is 5.73 Å². The van der Waals surface area contributed by atoms with Gasteiger partial charge in [0.15, 0.2) is 0 Å². The summed E-state index contributed by atoms with van der Waals surface area (Å²) >= 11 is 4.94. The van der Waals surface area contributed by atoms with E-state index in [1.807, 2.05) is 20.8 Å².